The molecule has 1 saturated heterocycles. The number of methoxy groups -OCH3 is 2. The third-order valence-corrected chi connectivity index (χ3v) is 6.56. The summed E-state index contributed by atoms with van der Waals surface area (Å²) in [6.07, 6.45) is 1.54. The van der Waals surface area contributed by atoms with Gasteiger partial charge >= 0.3 is 5.97 Å². The molecule has 118 valence electrons. The molecule has 0 atom stereocenters. The van der Waals surface area contributed by atoms with Gasteiger partial charge in [-0.15, -0.1) is 11.3 Å². The summed E-state index contributed by atoms with van der Waals surface area (Å²) in [6.45, 7) is 1.55. The third-order valence-electron chi connectivity index (χ3n) is 3.59. The van der Waals surface area contributed by atoms with Crippen LogP contribution in [0.15, 0.2) is 16.3 Å². The van der Waals surface area contributed by atoms with Crippen molar-refractivity contribution in [3.05, 3.63) is 16.3 Å². The second-order valence-electron chi connectivity index (χ2n) is 4.91. The Balaban J connectivity index is 2.16. The number of hydrogen-bond donors (Lipinski definition) is 0. The molecule has 0 saturated carbocycles. The van der Waals surface area contributed by atoms with E-state index in [-0.39, 0.29) is 9.77 Å². The molecule has 0 spiro atoms. The van der Waals surface area contributed by atoms with Crippen LogP contribution >= 0.6 is 11.3 Å². The molecular formula is C13H19NO5S2. The van der Waals surface area contributed by atoms with E-state index < -0.39 is 16.0 Å². The summed E-state index contributed by atoms with van der Waals surface area (Å²) in [5.41, 5.74) is 0. The first-order valence-corrected chi connectivity index (χ1v) is 8.97. The quantitative estimate of drug-likeness (QED) is 0.765. The summed E-state index contributed by atoms with van der Waals surface area (Å²) in [5, 5.41) is 1.59. The SMILES string of the molecule is COCC1CCN(S(=O)(=O)c2ccsc2C(=O)OC)CC1. The molecular weight excluding hydrogens is 314 g/mol. The average molecular weight is 333 g/mol. The zero-order chi connectivity index (χ0) is 15.5. The normalized spacial score (nSPS) is 17.8. The lowest BCUT2D eigenvalue weighted by Crippen LogP contribution is -2.39. The van der Waals surface area contributed by atoms with Gasteiger partial charge in [0.1, 0.15) is 9.77 Å². The second kappa shape index (κ2) is 6.87. The van der Waals surface area contributed by atoms with Gasteiger partial charge in [-0.1, -0.05) is 0 Å². The van der Waals surface area contributed by atoms with Gasteiger partial charge in [-0.3, -0.25) is 0 Å². The van der Waals surface area contributed by atoms with Crippen LogP contribution in [0.4, 0.5) is 0 Å². The minimum absolute atomic E-state index is 0.0459. The lowest BCUT2D eigenvalue weighted by Gasteiger charge is -2.30. The third kappa shape index (κ3) is 3.45. The smallest absolute Gasteiger partial charge is 0.349 e. The van der Waals surface area contributed by atoms with Gasteiger partial charge < -0.3 is 9.47 Å². The van der Waals surface area contributed by atoms with Crippen LogP contribution in [-0.2, 0) is 19.5 Å². The van der Waals surface area contributed by atoms with Crippen molar-refractivity contribution in [2.45, 2.75) is 17.7 Å². The number of carbonyl (C=O) groups is 1. The van der Waals surface area contributed by atoms with Gasteiger partial charge in [-0.25, -0.2) is 13.2 Å². The summed E-state index contributed by atoms with van der Waals surface area (Å²) in [6, 6.07) is 1.47. The van der Waals surface area contributed by atoms with E-state index in [0.29, 0.717) is 25.6 Å². The molecule has 0 N–H and O–H groups in total. The molecule has 1 aliphatic rings. The lowest BCUT2D eigenvalue weighted by atomic mass is 9.99. The van der Waals surface area contributed by atoms with E-state index in [2.05, 4.69) is 4.74 Å². The highest BCUT2D eigenvalue weighted by atomic mass is 32.2. The first-order chi connectivity index (χ1) is 10.0. The molecule has 6 nitrogen and oxygen atoms in total. The molecule has 1 aromatic rings. The Hall–Kier alpha value is -0.960. The molecule has 1 fully saturated rings. The summed E-state index contributed by atoms with van der Waals surface area (Å²) in [5.74, 6) is -0.221. The molecule has 8 heteroatoms. The van der Waals surface area contributed by atoms with Crippen LogP contribution in [-0.4, -0.2) is 52.6 Å². The summed E-state index contributed by atoms with van der Waals surface area (Å²) < 4.78 is 36.5. The fraction of sp³-hybridized carbons (Fsp3) is 0.615. The standard InChI is InChI=1S/C13H19NO5S2/c1-18-9-10-3-6-14(7-4-10)21(16,17)11-5-8-20-12(11)13(15)19-2/h5,8,10H,3-4,6-7,9H2,1-2H3. The predicted octanol–water partition coefficient (Wildman–Crippen LogP) is 1.58. The van der Waals surface area contributed by atoms with Gasteiger partial charge in [0.05, 0.1) is 7.11 Å². The van der Waals surface area contributed by atoms with E-state index >= 15 is 0 Å². The first-order valence-electron chi connectivity index (χ1n) is 6.65. The summed E-state index contributed by atoms with van der Waals surface area (Å²) in [4.78, 5) is 11.8. The number of nitrogens with zero attached hydrogens (tertiary/aromatic N) is 1. The average Bonchev–Trinajstić information content (AvgIpc) is 2.97. The minimum Gasteiger partial charge on any atom is -0.465 e. The summed E-state index contributed by atoms with van der Waals surface area (Å²) in [7, 11) is -0.746. The van der Waals surface area contributed by atoms with E-state index in [4.69, 9.17) is 4.74 Å². The van der Waals surface area contributed by atoms with Crippen molar-refractivity contribution < 1.29 is 22.7 Å². The second-order valence-corrected chi connectivity index (χ2v) is 7.73. The maximum Gasteiger partial charge on any atom is 0.349 e. The van der Waals surface area contributed by atoms with Crippen LogP contribution in [0.1, 0.15) is 22.5 Å². The molecule has 1 aromatic heterocycles. The zero-order valence-corrected chi connectivity index (χ0v) is 13.7. The predicted molar refractivity (Wildman–Crippen MR) is 79.0 cm³/mol. The maximum absolute atomic E-state index is 12.6. The van der Waals surface area contributed by atoms with Crippen molar-refractivity contribution in [2.75, 3.05) is 33.9 Å². The number of esters is 1. The topological polar surface area (TPSA) is 72.9 Å². The Morgan fingerprint density at radius 2 is 2.05 bits per heavy atom. The monoisotopic (exact) mass is 333 g/mol. The lowest BCUT2D eigenvalue weighted by molar-refractivity contribution is 0.0602. The van der Waals surface area contributed by atoms with Crippen molar-refractivity contribution in [1.29, 1.82) is 0 Å². The maximum atomic E-state index is 12.6. The largest absolute Gasteiger partial charge is 0.465 e. The molecule has 2 rings (SSSR count). The molecule has 21 heavy (non-hydrogen) atoms. The van der Waals surface area contributed by atoms with Gasteiger partial charge in [0.2, 0.25) is 10.0 Å². The molecule has 2 heterocycles. The Morgan fingerprint density at radius 1 is 1.38 bits per heavy atom. The Bertz CT molecular complexity index is 587. The molecule has 0 aliphatic carbocycles. The number of carbonyl (C=O) groups excluding carboxylic acids is 1. The van der Waals surface area contributed by atoms with Gasteiger partial charge in [0.15, 0.2) is 0 Å². The number of thiophene rings is 1. The Morgan fingerprint density at radius 3 is 2.62 bits per heavy atom. The van der Waals surface area contributed by atoms with Crippen molar-refractivity contribution in [1.82, 2.24) is 4.31 Å². The first kappa shape index (κ1) is 16.4. The van der Waals surface area contributed by atoms with Crippen molar-refractivity contribution in [3.8, 4) is 0 Å². The van der Waals surface area contributed by atoms with Crippen LogP contribution < -0.4 is 0 Å². The molecule has 0 bridgehead atoms. The zero-order valence-electron chi connectivity index (χ0n) is 12.1. The van der Waals surface area contributed by atoms with Crippen molar-refractivity contribution in [2.24, 2.45) is 5.92 Å². The van der Waals surface area contributed by atoms with E-state index in [1.165, 1.54) is 17.5 Å². The fourth-order valence-electron chi connectivity index (χ4n) is 2.43. The van der Waals surface area contributed by atoms with E-state index in [1.54, 1.807) is 12.5 Å². The number of piperidine rings is 1. The number of sulfonamides is 1. The molecule has 0 radical (unpaired) electrons. The Kier molecular flexibility index (Phi) is 5.37. The van der Waals surface area contributed by atoms with Gasteiger partial charge in [-0.2, -0.15) is 4.31 Å². The minimum atomic E-state index is -3.64. The van der Waals surface area contributed by atoms with Crippen LogP contribution in [0.25, 0.3) is 0 Å². The van der Waals surface area contributed by atoms with E-state index in [0.717, 1.165) is 24.2 Å². The number of ether oxygens (including phenoxy) is 2. The van der Waals surface area contributed by atoms with Gasteiger partial charge in [-0.05, 0) is 30.2 Å². The Labute approximate surface area is 128 Å². The van der Waals surface area contributed by atoms with Crippen LogP contribution in [0.3, 0.4) is 0 Å². The summed E-state index contributed by atoms with van der Waals surface area (Å²) >= 11 is 1.08. The van der Waals surface area contributed by atoms with Crippen LogP contribution in [0.2, 0.25) is 0 Å². The molecule has 0 unspecified atom stereocenters. The highest BCUT2D eigenvalue weighted by Gasteiger charge is 2.33. The number of rotatable bonds is 5. The van der Waals surface area contributed by atoms with Crippen molar-refractivity contribution in [3.63, 3.8) is 0 Å². The van der Waals surface area contributed by atoms with Crippen molar-refractivity contribution >= 4 is 27.3 Å². The molecule has 0 aromatic carbocycles. The van der Waals surface area contributed by atoms with Gasteiger partial charge in [0, 0.05) is 26.8 Å². The van der Waals surface area contributed by atoms with E-state index in [1.807, 2.05) is 0 Å². The van der Waals surface area contributed by atoms with Gasteiger partial charge in [0.25, 0.3) is 0 Å². The molecule has 1 aliphatic heterocycles. The van der Waals surface area contributed by atoms with Crippen LogP contribution in [0, 0.1) is 5.92 Å². The van der Waals surface area contributed by atoms with E-state index in [9.17, 15) is 13.2 Å². The highest BCUT2D eigenvalue weighted by molar-refractivity contribution is 7.89. The fourth-order valence-corrected chi connectivity index (χ4v) is 5.21. The molecule has 0 amide bonds. The number of hydrogen-bond acceptors (Lipinski definition) is 6. The van der Waals surface area contributed by atoms with Crippen LogP contribution in [0.5, 0.6) is 0 Å². The highest BCUT2D eigenvalue weighted by Crippen LogP contribution is 2.29.